The largest absolute Gasteiger partial charge is 0.285 e. The molecule has 0 saturated carbocycles. The fourth-order valence-corrected chi connectivity index (χ4v) is 4.46. The number of nitrogens with one attached hydrogen (secondary N) is 1. The van der Waals surface area contributed by atoms with Crippen LogP contribution in [0.15, 0.2) is 53.4 Å². The highest BCUT2D eigenvalue weighted by molar-refractivity contribution is 8.26. The highest BCUT2D eigenvalue weighted by Crippen LogP contribution is 2.34. The number of para-hydroxylation sites is 1. The van der Waals surface area contributed by atoms with Gasteiger partial charge in [0.15, 0.2) is 4.32 Å². The first-order valence-electron chi connectivity index (χ1n) is 7.66. The number of thiazole rings is 1. The number of hydrogen-bond donors (Lipinski definition) is 1. The van der Waals surface area contributed by atoms with E-state index in [-0.39, 0.29) is 11.6 Å². The molecule has 134 valence electrons. The van der Waals surface area contributed by atoms with Crippen molar-refractivity contribution in [2.75, 3.05) is 5.43 Å². The first kappa shape index (κ1) is 17.6. The zero-order valence-electron chi connectivity index (χ0n) is 13.5. The quantitative estimate of drug-likeness (QED) is 0.292. The number of carbonyl (C=O) groups excluding carboxylic acids is 1. The molecule has 2 heterocycles. The zero-order valence-corrected chi connectivity index (χ0v) is 15.9. The van der Waals surface area contributed by atoms with E-state index in [1.165, 1.54) is 28.5 Å². The summed E-state index contributed by atoms with van der Waals surface area (Å²) in [7, 11) is 0. The number of benzene rings is 2. The number of nitrogens with zero attached hydrogens (tertiary/aromatic N) is 3. The predicted octanol–water partition coefficient (Wildman–Crippen LogP) is 4.43. The maximum absolute atomic E-state index is 12.7. The van der Waals surface area contributed by atoms with E-state index in [4.69, 9.17) is 12.2 Å². The van der Waals surface area contributed by atoms with Crippen molar-refractivity contribution in [3.63, 3.8) is 0 Å². The zero-order chi connectivity index (χ0) is 19.0. The van der Waals surface area contributed by atoms with E-state index in [9.17, 15) is 14.9 Å². The van der Waals surface area contributed by atoms with Gasteiger partial charge in [0, 0.05) is 12.1 Å². The normalized spacial score (nSPS) is 15.7. The predicted molar refractivity (Wildman–Crippen MR) is 111 cm³/mol. The molecular weight excluding hydrogens is 404 g/mol. The average molecular weight is 414 g/mol. The lowest BCUT2D eigenvalue weighted by Gasteiger charge is -2.14. The maximum atomic E-state index is 12.7. The van der Waals surface area contributed by atoms with Gasteiger partial charge in [-0.3, -0.25) is 20.3 Å². The van der Waals surface area contributed by atoms with Gasteiger partial charge in [-0.05, 0) is 48.1 Å². The number of rotatable bonds is 4. The number of nitro benzene ring substituents is 1. The number of hydrogen-bond acceptors (Lipinski definition) is 8. The second-order valence-corrected chi connectivity index (χ2v) is 8.17. The molecule has 0 spiro atoms. The van der Waals surface area contributed by atoms with Gasteiger partial charge in [0.1, 0.15) is 0 Å². The Bertz CT molecular complexity index is 1080. The minimum absolute atomic E-state index is 0.00259. The van der Waals surface area contributed by atoms with Crippen LogP contribution in [0.25, 0.3) is 16.3 Å². The molecule has 7 nitrogen and oxygen atoms in total. The highest BCUT2D eigenvalue weighted by Gasteiger charge is 2.33. The van der Waals surface area contributed by atoms with Crippen LogP contribution >= 0.6 is 35.3 Å². The van der Waals surface area contributed by atoms with Gasteiger partial charge in [0.05, 0.1) is 20.0 Å². The molecule has 0 unspecified atom stereocenters. The first-order valence-corrected chi connectivity index (χ1v) is 9.70. The van der Waals surface area contributed by atoms with E-state index < -0.39 is 4.92 Å². The second-order valence-electron chi connectivity index (χ2n) is 5.46. The summed E-state index contributed by atoms with van der Waals surface area (Å²) in [5.74, 6) is -0.289. The van der Waals surface area contributed by atoms with Gasteiger partial charge in [-0.25, -0.2) is 4.98 Å². The first-order chi connectivity index (χ1) is 13.0. The molecule has 0 bridgehead atoms. The summed E-state index contributed by atoms with van der Waals surface area (Å²) in [6.07, 6.45) is 1.66. The molecular formula is C17H10N4O3S3. The van der Waals surface area contributed by atoms with Crippen LogP contribution in [-0.4, -0.2) is 25.1 Å². The lowest BCUT2D eigenvalue weighted by Crippen LogP contribution is -2.33. The van der Waals surface area contributed by atoms with Crippen molar-refractivity contribution in [2.45, 2.75) is 0 Å². The Morgan fingerprint density at radius 2 is 1.93 bits per heavy atom. The van der Waals surface area contributed by atoms with Gasteiger partial charge >= 0.3 is 0 Å². The number of thioether (sulfide) groups is 1. The van der Waals surface area contributed by atoms with Gasteiger partial charge < -0.3 is 0 Å². The summed E-state index contributed by atoms with van der Waals surface area (Å²) in [6.45, 7) is 0. The minimum atomic E-state index is -0.467. The van der Waals surface area contributed by atoms with Crippen LogP contribution in [0.1, 0.15) is 5.56 Å². The number of anilines is 1. The van der Waals surface area contributed by atoms with Crippen LogP contribution in [0.4, 0.5) is 10.8 Å². The number of amides is 1. The Balaban J connectivity index is 1.55. The Kier molecular flexibility index (Phi) is 4.60. The van der Waals surface area contributed by atoms with Gasteiger partial charge in [-0.2, -0.15) is 5.01 Å². The Labute approximate surface area is 166 Å². The van der Waals surface area contributed by atoms with Crippen LogP contribution in [-0.2, 0) is 4.79 Å². The fourth-order valence-electron chi connectivity index (χ4n) is 2.42. The van der Waals surface area contributed by atoms with E-state index >= 15 is 0 Å². The van der Waals surface area contributed by atoms with Crippen molar-refractivity contribution in [3.8, 4) is 0 Å². The molecule has 2 aromatic carbocycles. The topological polar surface area (TPSA) is 88.4 Å². The second kappa shape index (κ2) is 7.06. The number of fused-ring (bicyclic) bond motifs is 1. The average Bonchev–Trinajstić information content (AvgIpc) is 3.18. The Morgan fingerprint density at radius 1 is 1.19 bits per heavy atom. The molecule has 3 aromatic rings. The molecule has 0 aliphatic carbocycles. The molecule has 27 heavy (non-hydrogen) atoms. The molecule has 1 amide bonds. The van der Waals surface area contributed by atoms with E-state index in [1.807, 2.05) is 24.3 Å². The van der Waals surface area contributed by atoms with Crippen molar-refractivity contribution in [1.82, 2.24) is 9.99 Å². The summed E-state index contributed by atoms with van der Waals surface area (Å²) in [6, 6.07) is 13.6. The number of carbonyl (C=O) groups is 1. The molecule has 1 aliphatic rings. The van der Waals surface area contributed by atoms with Crippen LogP contribution in [0.2, 0.25) is 0 Å². The summed E-state index contributed by atoms with van der Waals surface area (Å²) < 4.78 is 1.37. The third-order valence-corrected chi connectivity index (χ3v) is 5.94. The van der Waals surface area contributed by atoms with Crippen molar-refractivity contribution in [3.05, 3.63) is 69.1 Å². The van der Waals surface area contributed by atoms with E-state index in [1.54, 1.807) is 18.2 Å². The Hall–Kier alpha value is -2.82. The van der Waals surface area contributed by atoms with Crippen LogP contribution in [0.3, 0.4) is 0 Å². The van der Waals surface area contributed by atoms with Gasteiger partial charge in [0.2, 0.25) is 5.13 Å². The molecule has 10 heteroatoms. The number of non-ortho nitro benzene ring substituents is 1. The molecule has 4 rings (SSSR count). The molecule has 1 aromatic heterocycles. The van der Waals surface area contributed by atoms with E-state index in [0.717, 1.165) is 22.0 Å². The molecule has 1 fully saturated rings. The van der Waals surface area contributed by atoms with Crippen molar-refractivity contribution in [1.29, 1.82) is 0 Å². The smallest absolute Gasteiger partial charge is 0.266 e. The lowest BCUT2D eigenvalue weighted by atomic mass is 10.2. The minimum Gasteiger partial charge on any atom is -0.266 e. The van der Waals surface area contributed by atoms with E-state index in [2.05, 4.69) is 10.4 Å². The van der Waals surface area contributed by atoms with Crippen LogP contribution in [0, 0.1) is 10.1 Å². The lowest BCUT2D eigenvalue weighted by molar-refractivity contribution is -0.384. The SMILES string of the molecule is O=C1C(=Cc2ccc([N+](=O)[O-])cc2)SC(=S)N1Nc1nc2ccccc2s1. The number of aromatic nitrogens is 1. The summed E-state index contributed by atoms with van der Waals surface area (Å²) in [4.78, 5) is 27.8. The van der Waals surface area contributed by atoms with Gasteiger partial charge in [-0.1, -0.05) is 35.2 Å². The molecule has 1 aliphatic heterocycles. The third-order valence-electron chi connectivity index (χ3n) is 3.70. The third kappa shape index (κ3) is 3.54. The molecule has 1 saturated heterocycles. The maximum Gasteiger partial charge on any atom is 0.285 e. The number of hydrazine groups is 1. The van der Waals surface area contributed by atoms with E-state index in [0.29, 0.717) is 19.9 Å². The Morgan fingerprint density at radius 3 is 2.63 bits per heavy atom. The standard InChI is InChI=1S/C17H10N4O3S3/c22-15-14(9-10-5-7-11(8-6-10)21(23)24)27-17(25)20(15)19-16-18-12-3-1-2-4-13(12)26-16/h1-9H,(H,18,19). The summed E-state index contributed by atoms with van der Waals surface area (Å²) in [5.41, 5.74) is 4.49. The van der Waals surface area contributed by atoms with Crippen molar-refractivity contribution >= 4 is 72.7 Å². The number of thiocarbonyl (C=S) groups is 1. The highest BCUT2D eigenvalue weighted by atomic mass is 32.2. The van der Waals surface area contributed by atoms with Crippen molar-refractivity contribution in [2.24, 2.45) is 0 Å². The van der Waals surface area contributed by atoms with Gasteiger partial charge in [0.25, 0.3) is 11.6 Å². The summed E-state index contributed by atoms with van der Waals surface area (Å²) >= 11 is 7.89. The van der Waals surface area contributed by atoms with Crippen LogP contribution < -0.4 is 5.43 Å². The van der Waals surface area contributed by atoms with Crippen molar-refractivity contribution < 1.29 is 9.72 Å². The molecule has 0 atom stereocenters. The fraction of sp³-hybridized carbons (Fsp3) is 0. The van der Waals surface area contributed by atoms with Gasteiger partial charge in [-0.15, -0.1) is 0 Å². The summed E-state index contributed by atoms with van der Waals surface area (Å²) in [5, 5.41) is 12.6. The van der Waals surface area contributed by atoms with Crippen LogP contribution in [0.5, 0.6) is 0 Å². The molecule has 0 radical (unpaired) electrons. The molecule has 1 N–H and O–H groups in total. The number of nitro groups is 1. The monoisotopic (exact) mass is 414 g/mol.